The maximum Gasteiger partial charge on any atom is 0.281 e. The minimum absolute atomic E-state index is 0.0368. The molecule has 6 heteroatoms. The second kappa shape index (κ2) is 4.61. The van der Waals surface area contributed by atoms with Crippen LogP contribution in [0.25, 0.3) is 22.0 Å². The number of thioether (sulfide) groups is 1. The lowest BCUT2D eigenvalue weighted by Gasteiger charge is -2.12. The normalized spacial score (nSPS) is 15.2. The zero-order valence-corrected chi connectivity index (χ0v) is 14.0. The van der Waals surface area contributed by atoms with Gasteiger partial charge in [0.25, 0.3) is 10.8 Å². The van der Waals surface area contributed by atoms with Crippen LogP contribution in [0.2, 0.25) is 0 Å². The van der Waals surface area contributed by atoms with Crippen LogP contribution in [-0.2, 0) is 0 Å². The van der Waals surface area contributed by atoms with E-state index in [4.69, 9.17) is 4.42 Å². The number of rotatable bonds is 2. The first kappa shape index (κ1) is 13.4. The summed E-state index contributed by atoms with van der Waals surface area (Å²) in [6, 6.07) is 4.30. The number of fused-ring (bicyclic) bond motifs is 3. The summed E-state index contributed by atoms with van der Waals surface area (Å²) in [5, 5.41) is 1.50. The Bertz CT molecular complexity index is 940. The van der Waals surface area contributed by atoms with Crippen molar-refractivity contribution in [2.24, 2.45) is 0 Å². The molecule has 1 aliphatic carbocycles. The zero-order chi connectivity index (χ0) is 14.7. The number of hydrogen-bond donors (Lipinski definition) is 0. The molecule has 21 heavy (non-hydrogen) atoms. The molecule has 0 unspecified atom stereocenters. The number of nitrogens with zero attached hydrogens (tertiary/aromatic N) is 2. The molecule has 4 rings (SSSR count). The molecular weight excluding hydrogens is 352 g/mol. The fourth-order valence-electron chi connectivity index (χ4n) is 2.78. The fraction of sp³-hybridized carbons (Fsp3) is 0.333. The quantitative estimate of drug-likeness (QED) is 0.637. The van der Waals surface area contributed by atoms with E-state index in [2.05, 4.69) is 20.9 Å². The third-order valence-corrected chi connectivity index (χ3v) is 5.35. The maximum atomic E-state index is 12.8. The van der Waals surface area contributed by atoms with Crippen LogP contribution in [0.5, 0.6) is 0 Å². The second-order valence-electron chi connectivity index (χ2n) is 5.34. The lowest BCUT2D eigenvalue weighted by molar-refractivity contribution is 0.492. The molecule has 0 atom stereocenters. The highest BCUT2D eigenvalue weighted by atomic mass is 79.9. The first-order chi connectivity index (χ1) is 10.1. The molecule has 1 aromatic carbocycles. The van der Waals surface area contributed by atoms with Gasteiger partial charge in [0.05, 0.1) is 5.52 Å². The molecule has 1 aliphatic rings. The van der Waals surface area contributed by atoms with Gasteiger partial charge in [-0.2, -0.15) is 4.98 Å². The van der Waals surface area contributed by atoms with Crippen molar-refractivity contribution < 1.29 is 4.42 Å². The molecule has 0 amide bonds. The maximum absolute atomic E-state index is 12.8. The number of halogens is 1. The van der Waals surface area contributed by atoms with Crippen LogP contribution in [0, 0.1) is 6.92 Å². The van der Waals surface area contributed by atoms with Crippen molar-refractivity contribution >= 4 is 49.7 Å². The predicted octanol–water partition coefficient (Wildman–Crippen LogP) is 4.27. The number of aromatic nitrogens is 2. The average molecular weight is 365 g/mol. The smallest absolute Gasteiger partial charge is 0.281 e. The van der Waals surface area contributed by atoms with E-state index in [1.807, 2.05) is 29.9 Å². The number of benzene rings is 1. The van der Waals surface area contributed by atoms with Crippen molar-refractivity contribution in [3.05, 3.63) is 32.5 Å². The molecule has 2 aromatic heterocycles. The average Bonchev–Trinajstić information content (AvgIpc) is 3.21. The summed E-state index contributed by atoms with van der Waals surface area (Å²) in [5.74, 6) is 0. The van der Waals surface area contributed by atoms with Crippen molar-refractivity contribution in [2.45, 2.75) is 31.0 Å². The van der Waals surface area contributed by atoms with Crippen molar-refractivity contribution in [2.75, 3.05) is 6.26 Å². The number of oxazole rings is 1. The Balaban J connectivity index is 2.27. The standard InChI is InChI=1S/C15H13BrN2O2S/c1-7-10(16)6-5-9-12(7)18(8-3-4-8)14(19)11-13(9)20-15(17-11)21-2/h5-6,8H,3-4H2,1-2H3. The number of aryl methyl sites for hydroxylation is 1. The van der Waals surface area contributed by atoms with Crippen molar-refractivity contribution in [3.8, 4) is 0 Å². The first-order valence-corrected chi connectivity index (χ1v) is 8.81. The molecule has 1 saturated carbocycles. The summed E-state index contributed by atoms with van der Waals surface area (Å²) in [6.07, 6.45) is 4.01. The Hall–Kier alpha value is -1.27. The van der Waals surface area contributed by atoms with Crippen LogP contribution in [0.4, 0.5) is 0 Å². The Kier molecular flexibility index (Phi) is 2.94. The van der Waals surface area contributed by atoms with E-state index in [1.165, 1.54) is 11.8 Å². The molecule has 0 radical (unpaired) electrons. The Morgan fingerprint density at radius 2 is 2.19 bits per heavy atom. The Labute approximate surface area is 133 Å². The highest BCUT2D eigenvalue weighted by Gasteiger charge is 2.29. The van der Waals surface area contributed by atoms with Crippen LogP contribution < -0.4 is 5.56 Å². The van der Waals surface area contributed by atoms with Gasteiger partial charge < -0.3 is 8.98 Å². The van der Waals surface area contributed by atoms with Gasteiger partial charge in [-0.05, 0) is 43.7 Å². The van der Waals surface area contributed by atoms with Crippen molar-refractivity contribution in [1.29, 1.82) is 0 Å². The van der Waals surface area contributed by atoms with E-state index >= 15 is 0 Å². The van der Waals surface area contributed by atoms with Gasteiger partial charge >= 0.3 is 0 Å². The van der Waals surface area contributed by atoms with E-state index in [1.54, 1.807) is 0 Å². The summed E-state index contributed by atoms with van der Waals surface area (Å²) >= 11 is 4.98. The number of hydrogen-bond acceptors (Lipinski definition) is 4. The van der Waals surface area contributed by atoms with Gasteiger partial charge in [-0.15, -0.1) is 0 Å². The predicted molar refractivity (Wildman–Crippen MR) is 88.3 cm³/mol. The van der Waals surface area contributed by atoms with Gasteiger partial charge in [-0.25, -0.2) is 0 Å². The van der Waals surface area contributed by atoms with Crippen LogP contribution in [-0.4, -0.2) is 15.8 Å². The molecule has 0 aliphatic heterocycles. The van der Waals surface area contributed by atoms with Crippen LogP contribution in [0.1, 0.15) is 24.4 Å². The summed E-state index contributed by atoms with van der Waals surface area (Å²) in [4.78, 5) is 17.2. The summed E-state index contributed by atoms with van der Waals surface area (Å²) in [7, 11) is 0. The van der Waals surface area contributed by atoms with Gasteiger partial charge in [-0.3, -0.25) is 4.79 Å². The Morgan fingerprint density at radius 3 is 2.86 bits per heavy atom. The monoisotopic (exact) mass is 364 g/mol. The molecule has 0 bridgehead atoms. The second-order valence-corrected chi connectivity index (χ2v) is 6.95. The van der Waals surface area contributed by atoms with Gasteiger partial charge in [0.2, 0.25) is 0 Å². The topological polar surface area (TPSA) is 48.0 Å². The van der Waals surface area contributed by atoms with Crippen LogP contribution in [0.3, 0.4) is 0 Å². The van der Waals surface area contributed by atoms with E-state index in [9.17, 15) is 4.79 Å². The molecule has 4 nitrogen and oxygen atoms in total. The van der Waals surface area contributed by atoms with E-state index in [0.717, 1.165) is 33.8 Å². The third-order valence-electron chi connectivity index (χ3n) is 3.97. The fourth-order valence-corrected chi connectivity index (χ4v) is 3.45. The molecule has 1 fully saturated rings. The largest absolute Gasteiger partial charge is 0.430 e. The van der Waals surface area contributed by atoms with Gasteiger partial charge in [0.15, 0.2) is 11.1 Å². The van der Waals surface area contributed by atoms with Gasteiger partial charge in [0, 0.05) is 15.9 Å². The molecule has 108 valence electrons. The molecule has 3 aromatic rings. The SMILES string of the molecule is CSc1nc2c(=O)n(C3CC3)c3c(C)c(Br)ccc3c2o1. The van der Waals surface area contributed by atoms with Gasteiger partial charge in [-0.1, -0.05) is 27.7 Å². The third kappa shape index (κ3) is 1.89. The minimum Gasteiger partial charge on any atom is -0.430 e. The van der Waals surface area contributed by atoms with Gasteiger partial charge in [0.1, 0.15) is 0 Å². The van der Waals surface area contributed by atoms with Crippen LogP contribution in [0.15, 0.2) is 31.0 Å². The lowest BCUT2D eigenvalue weighted by Crippen LogP contribution is -2.20. The molecule has 0 spiro atoms. The van der Waals surface area contributed by atoms with Crippen molar-refractivity contribution in [1.82, 2.24) is 9.55 Å². The van der Waals surface area contributed by atoms with E-state index in [0.29, 0.717) is 22.4 Å². The molecular formula is C15H13BrN2O2S. The highest BCUT2D eigenvalue weighted by molar-refractivity contribution is 9.10. The Morgan fingerprint density at radius 1 is 1.43 bits per heavy atom. The van der Waals surface area contributed by atoms with Crippen LogP contribution >= 0.6 is 27.7 Å². The van der Waals surface area contributed by atoms with Crippen molar-refractivity contribution in [3.63, 3.8) is 0 Å². The summed E-state index contributed by atoms with van der Waals surface area (Å²) in [6.45, 7) is 2.03. The highest BCUT2D eigenvalue weighted by Crippen LogP contribution is 2.39. The zero-order valence-electron chi connectivity index (χ0n) is 11.6. The molecule has 0 saturated heterocycles. The molecule has 0 N–H and O–H groups in total. The number of pyridine rings is 1. The summed E-state index contributed by atoms with van der Waals surface area (Å²) in [5.41, 5.74) is 3.05. The first-order valence-electron chi connectivity index (χ1n) is 6.79. The van der Waals surface area contributed by atoms with E-state index < -0.39 is 0 Å². The summed E-state index contributed by atoms with van der Waals surface area (Å²) < 4.78 is 8.70. The lowest BCUT2D eigenvalue weighted by atomic mass is 10.1. The molecule has 2 heterocycles. The van der Waals surface area contributed by atoms with E-state index in [-0.39, 0.29) is 5.56 Å². The minimum atomic E-state index is -0.0368.